The number of piperidine rings is 1. The monoisotopic (exact) mass is 272 g/mol. The van der Waals surface area contributed by atoms with Crippen molar-refractivity contribution in [1.29, 1.82) is 0 Å². The highest BCUT2D eigenvalue weighted by Gasteiger charge is 2.33. The average Bonchev–Trinajstić information content (AvgIpc) is 2.97. The van der Waals surface area contributed by atoms with E-state index in [-0.39, 0.29) is 5.60 Å². The van der Waals surface area contributed by atoms with E-state index in [9.17, 15) is 0 Å². The quantitative estimate of drug-likeness (QED) is 0.918. The van der Waals surface area contributed by atoms with Crippen LogP contribution >= 0.6 is 0 Å². The molecule has 5 nitrogen and oxygen atoms in total. The molecule has 0 unspecified atom stereocenters. The molecular formula is C15H20N4O. The average molecular weight is 272 g/mol. The van der Waals surface area contributed by atoms with Crippen LogP contribution in [-0.4, -0.2) is 40.8 Å². The molecule has 1 N–H and O–H groups in total. The minimum absolute atomic E-state index is 0.0944. The van der Waals surface area contributed by atoms with Crippen molar-refractivity contribution in [2.75, 3.05) is 20.2 Å². The molecule has 0 radical (unpaired) electrons. The molecule has 3 rings (SSSR count). The van der Waals surface area contributed by atoms with Crippen LogP contribution in [0, 0.1) is 0 Å². The van der Waals surface area contributed by atoms with E-state index in [1.807, 2.05) is 41.2 Å². The van der Waals surface area contributed by atoms with E-state index < -0.39 is 0 Å². The van der Waals surface area contributed by atoms with E-state index in [0.717, 1.165) is 43.7 Å². The van der Waals surface area contributed by atoms with Gasteiger partial charge >= 0.3 is 0 Å². The van der Waals surface area contributed by atoms with E-state index >= 15 is 0 Å². The molecule has 20 heavy (non-hydrogen) atoms. The van der Waals surface area contributed by atoms with Crippen LogP contribution in [0.25, 0.3) is 5.69 Å². The van der Waals surface area contributed by atoms with E-state index in [1.165, 1.54) is 0 Å². The molecule has 1 aromatic carbocycles. The Hall–Kier alpha value is -1.72. The number of rotatable bonds is 4. The molecule has 1 fully saturated rings. The molecule has 0 bridgehead atoms. The van der Waals surface area contributed by atoms with Gasteiger partial charge in [0.2, 0.25) is 0 Å². The molecule has 0 atom stereocenters. The predicted molar refractivity (Wildman–Crippen MR) is 76.9 cm³/mol. The fourth-order valence-electron chi connectivity index (χ4n) is 2.75. The zero-order chi connectivity index (χ0) is 13.8. The van der Waals surface area contributed by atoms with Gasteiger partial charge in [-0.3, -0.25) is 0 Å². The van der Waals surface area contributed by atoms with Gasteiger partial charge < -0.3 is 10.1 Å². The Morgan fingerprint density at radius 1 is 1.25 bits per heavy atom. The van der Waals surface area contributed by atoms with Crippen molar-refractivity contribution in [3.8, 4) is 5.69 Å². The number of nitrogens with one attached hydrogen (secondary N) is 1. The van der Waals surface area contributed by atoms with Gasteiger partial charge in [-0.2, -0.15) is 0 Å². The first-order chi connectivity index (χ1) is 9.81. The number of methoxy groups -OCH3 is 1. The minimum atomic E-state index is -0.0944. The van der Waals surface area contributed by atoms with Gasteiger partial charge in [0.15, 0.2) is 0 Å². The Morgan fingerprint density at radius 2 is 2.00 bits per heavy atom. The Labute approximate surface area is 118 Å². The number of ether oxygens (including phenoxy) is 1. The predicted octanol–water partition coefficient (Wildman–Crippen LogP) is 1.58. The van der Waals surface area contributed by atoms with Crippen molar-refractivity contribution >= 4 is 0 Å². The Morgan fingerprint density at radius 3 is 2.70 bits per heavy atom. The third-order valence-corrected chi connectivity index (χ3v) is 4.01. The second kappa shape index (κ2) is 5.73. The summed E-state index contributed by atoms with van der Waals surface area (Å²) in [4.78, 5) is 0. The molecule has 0 aliphatic carbocycles. The summed E-state index contributed by atoms with van der Waals surface area (Å²) < 4.78 is 7.60. The summed E-state index contributed by atoms with van der Waals surface area (Å²) in [5.41, 5.74) is 1.92. The summed E-state index contributed by atoms with van der Waals surface area (Å²) in [7, 11) is 1.80. The number of hydrogen-bond acceptors (Lipinski definition) is 4. The van der Waals surface area contributed by atoms with Crippen LogP contribution < -0.4 is 5.32 Å². The lowest BCUT2D eigenvalue weighted by Gasteiger charge is -2.35. The van der Waals surface area contributed by atoms with E-state index in [1.54, 1.807) is 7.11 Å². The number of aromatic nitrogens is 3. The zero-order valence-electron chi connectivity index (χ0n) is 11.7. The van der Waals surface area contributed by atoms with Gasteiger partial charge in [-0.1, -0.05) is 23.4 Å². The standard InChI is InChI=1S/C15H20N4O/c1-20-15(7-9-16-10-8-15)11-13-12-19(18-17-13)14-5-3-2-4-6-14/h2-6,12,16H,7-11H2,1H3. The van der Waals surface area contributed by atoms with Crippen LogP contribution in [0.15, 0.2) is 36.5 Å². The normalized spacial score (nSPS) is 18.1. The van der Waals surface area contributed by atoms with Gasteiger partial charge in [-0.05, 0) is 38.1 Å². The fraction of sp³-hybridized carbons (Fsp3) is 0.467. The molecular weight excluding hydrogens is 252 g/mol. The van der Waals surface area contributed by atoms with Gasteiger partial charge in [0.05, 0.1) is 23.2 Å². The highest BCUT2D eigenvalue weighted by atomic mass is 16.5. The molecule has 0 spiro atoms. The summed E-state index contributed by atoms with van der Waals surface area (Å²) in [6, 6.07) is 10.0. The van der Waals surface area contributed by atoms with Crippen LogP contribution in [-0.2, 0) is 11.2 Å². The first-order valence-electron chi connectivity index (χ1n) is 7.04. The fourth-order valence-corrected chi connectivity index (χ4v) is 2.75. The number of hydrogen-bond donors (Lipinski definition) is 1. The minimum Gasteiger partial charge on any atom is -0.378 e. The summed E-state index contributed by atoms with van der Waals surface area (Å²) in [6.07, 6.45) is 4.85. The van der Waals surface area contributed by atoms with Gasteiger partial charge in [-0.15, -0.1) is 5.10 Å². The second-order valence-corrected chi connectivity index (χ2v) is 5.30. The molecule has 5 heteroatoms. The lowest BCUT2D eigenvalue weighted by atomic mass is 9.87. The van der Waals surface area contributed by atoms with Crippen molar-refractivity contribution < 1.29 is 4.74 Å². The maximum Gasteiger partial charge on any atom is 0.0860 e. The Kier molecular flexibility index (Phi) is 3.80. The van der Waals surface area contributed by atoms with E-state index in [2.05, 4.69) is 15.6 Å². The third kappa shape index (κ3) is 2.73. The molecule has 106 valence electrons. The van der Waals surface area contributed by atoms with E-state index in [0.29, 0.717) is 0 Å². The van der Waals surface area contributed by atoms with E-state index in [4.69, 9.17) is 4.74 Å². The van der Waals surface area contributed by atoms with Gasteiger partial charge in [-0.25, -0.2) is 4.68 Å². The maximum absolute atomic E-state index is 5.78. The lowest BCUT2D eigenvalue weighted by molar-refractivity contribution is -0.0340. The molecule has 1 aromatic heterocycles. The molecule has 2 heterocycles. The molecule has 0 saturated carbocycles. The number of nitrogens with zero attached hydrogens (tertiary/aromatic N) is 3. The van der Waals surface area contributed by atoms with Gasteiger partial charge in [0.1, 0.15) is 0 Å². The smallest absolute Gasteiger partial charge is 0.0860 e. The van der Waals surface area contributed by atoms with Crippen LogP contribution in [0.2, 0.25) is 0 Å². The van der Waals surface area contributed by atoms with Crippen molar-refractivity contribution in [2.24, 2.45) is 0 Å². The van der Waals surface area contributed by atoms with Crippen molar-refractivity contribution in [2.45, 2.75) is 24.9 Å². The van der Waals surface area contributed by atoms with Crippen LogP contribution in [0.1, 0.15) is 18.5 Å². The van der Waals surface area contributed by atoms with Crippen LogP contribution in [0.5, 0.6) is 0 Å². The lowest BCUT2D eigenvalue weighted by Crippen LogP contribution is -2.45. The number of para-hydroxylation sites is 1. The number of benzene rings is 1. The first kappa shape index (κ1) is 13.3. The molecule has 1 aliphatic rings. The summed E-state index contributed by atoms with van der Waals surface area (Å²) >= 11 is 0. The largest absolute Gasteiger partial charge is 0.378 e. The highest BCUT2D eigenvalue weighted by molar-refractivity contribution is 5.30. The Bertz CT molecular complexity index is 546. The maximum atomic E-state index is 5.78. The summed E-state index contributed by atoms with van der Waals surface area (Å²) in [5.74, 6) is 0. The van der Waals surface area contributed by atoms with Crippen LogP contribution in [0.4, 0.5) is 0 Å². The van der Waals surface area contributed by atoms with Crippen molar-refractivity contribution in [3.63, 3.8) is 0 Å². The van der Waals surface area contributed by atoms with Gasteiger partial charge in [0.25, 0.3) is 0 Å². The zero-order valence-corrected chi connectivity index (χ0v) is 11.7. The molecule has 1 aliphatic heterocycles. The van der Waals surface area contributed by atoms with Crippen molar-refractivity contribution in [1.82, 2.24) is 20.3 Å². The van der Waals surface area contributed by atoms with Crippen LogP contribution in [0.3, 0.4) is 0 Å². The summed E-state index contributed by atoms with van der Waals surface area (Å²) in [6.45, 7) is 2.00. The highest BCUT2D eigenvalue weighted by Crippen LogP contribution is 2.26. The summed E-state index contributed by atoms with van der Waals surface area (Å²) in [5, 5.41) is 11.9. The topological polar surface area (TPSA) is 52.0 Å². The second-order valence-electron chi connectivity index (χ2n) is 5.30. The SMILES string of the molecule is COC1(Cc2cn(-c3ccccc3)nn2)CCNCC1. The molecule has 1 saturated heterocycles. The molecule has 2 aromatic rings. The van der Waals surface area contributed by atoms with Crippen molar-refractivity contribution in [3.05, 3.63) is 42.2 Å². The van der Waals surface area contributed by atoms with Gasteiger partial charge in [0, 0.05) is 13.5 Å². The third-order valence-electron chi connectivity index (χ3n) is 4.01. The molecule has 0 amide bonds. The first-order valence-corrected chi connectivity index (χ1v) is 7.04. The Balaban J connectivity index is 1.77.